The Kier molecular flexibility index (Phi) is 2.58. The van der Waals surface area contributed by atoms with E-state index in [-0.39, 0.29) is 24.8 Å². The monoisotopic (exact) mass is 261 g/mol. The van der Waals surface area contributed by atoms with Gasteiger partial charge in [-0.05, 0) is 28.1 Å². The van der Waals surface area contributed by atoms with Crippen molar-refractivity contribution in [1.82, 2.24) is 5.06 Å². The van der Waals surface area contributed by atoms with Crippen molar-refractivity contribution in [2.45, 2.75) is 6.10 Å². The van der Waals surface area contributed by atoms with Crippen molar-refractivity contribution in [2.75, 3.05) is 13.2 Å². The van der Waals surface area contributed by atoms with Gasteiger partial charge in [0, 0.05) is 0 Å². The number of β-amino-alcohol motifs (C(OH)–C–C–N with tert-alkyl or cyclic N) is 1. The molecule has 0 saturated carbocycles. The van der Waals surface area contributed by atoms with Crippen LogP contribution in [0.4, 0.5) is 0 Å². The molecule has 0 spiro atoms. The van der Waals surface area contributed by atoms with Crippen LogP contribution in [0, 0.1) is 0 Å². The fraction of sp³-hybridized carbons (Fsp3) is 0.375. The van der Waals surface area contributed by atoms with Gasteiger partial charge in [0.05, 0.1) is 6.54 Å². The lowest BCUT2D eigenvalue weighted by Crippen LogP contribution is -2.28. The molecule has 0 aromatic carbocycles. The van der Waals surface area contributed by atoms with E-state index in [1.807, 2.05) is 0 Å². The predicted molar refractivity (Wildman–Crippen MR) is 49.4 cm³/mol. The molecule has 1 saturated heterocycles. The number of carbonyl (C=O) groups excluding carboxylic acids is 1. The van der Waals surface area contributed by atoms with Crippen LogP contribution in [-0.4, -0.2) is 35.3 Å². The molecule has 1 atom stereocenters. The summed E-state index contributed by atoms with van der Waals surface area (Å²) in [7, 11) is 0. The smallest absolute Gasteiger partial charge is 0.313 e. The van der Waals surface area contributed by atoms with E-state index in [1.54, 1.807) is 12.1 Å². The Balaban J connectivity index is 2.09. The molecule has 1 N–H and O–H groups in total. The van der Waals surface area contributed by atoms with E-state index in [0.717, 1.165) is 5.06 Å². The molecule has 1 aliphatic heterocycles. The van der Waals surface area contributed by atoms with Crippen molar-refractivity contribution in [3.63, 3.8) is 0 Å². The number of aliphatic hydroxyl groups excluding tert-OH is 1. The van der Waals surface area contributed by atoms with Gasteiger partial charge >= 0.3 is 5.91 Å². The van der Waals surface area contributed by atoms with E-state index in [4.69, 9.17) is 14.4 Å². The number of nitrogens with zero attached hydrogens (tertiary/aromatic N) is 1. The Labute approximate surface area is 88.3 Å². The second kappa shape index (κ2) is 3.72. The summed E-state index contributed by atoms with van der Waals surface area (Å²) in [6.45, 7) is 0.324. The highest BCUT2D eigenvalue weighted by molar-refractivity contribution is 9.10. The molecule has 0 radical (unpaired) electrons. The lowest BCUT2D eigenvalue weighted by atomic mass is 10.3. The number of hydrogen-bond acceptors (Lipinski definition) is 4. The third kappa shape index (κ3) is 1.82. The summed E-state index contributed by atoms with van der Waals surface area (Å²) < 4.78 is 5.54. The molecule has 1 aromatic rings. The summed E-state index contributed by atoms with van der Waals surface area (Å²) in [6, 6.07) is 3.17. The van der Waals surface area contributed by atoms with Crippen LogP contribution in [0.15, 0.2) is 21.2 Å². The Morgan fingerprint density at radius 1 is 1.64 bits per heavy atom. The summed E-state index contributed by atoms with van der Waals surface area (Å²) in [4.78, 5) is 16.5. The second-order valence-electron chi connectivity index (χ2n) is 2.92. The molecule has 1 aliphatic rings. The molecule has 0 bridgehead atoms. The highest BCUT2D eigenvalue weighted by Crippen LogP contribution is 2.17. The Bertz CT molecular complexity index is 351. The first-order valence-corrected chi connectivity index (χ1v) is 4.84. The van der Waals surface area contributed by atoms with E-state index in [1.165, 1.54) is 0 Å². The average molecular weight is 262 g/mol. The van der Waals surface area contributed by atoms with Crippen molar-refractivity contribution in [1.29, 1.82) is 0 Å². The molecule has 76 valence electrons. The number of hydroxylamine groups is 2. The third-order valence-electron chi connectivity index (χ3n) is 1.81. The number of amides is 1. The zero-order valence-corrected chi connectivity index (χ0v) is 8.73. The minimum atomic E-state index is -0.614. The van der Waals surface area contributed by atoms with Crippen molar-refractivity contribution in [3.05, 3.63) is 22.6 Å². The largest absolute Gasteiger partial charge is 0.444 e. The Morgan fingerprint density at radius 2 is 2.43 bits per heavy atom. The highest BCUT2D eigenvalue weighted by Gasteiger charge is 2.28. The van der Waals surface area contributed by atoms with E-state index in [0.29, 0.717) is 4.67 Å². The number of rotatable bonds is 1. The van der Waals surface area contributed by atoms with Gasteiger partial charge < -0.3 is 9.52 Å². The van der Waals surface area contributed by atoms with Crippen molar-refractivity contribution in [2.24, 2.45) is 0 Å². The van der Waals surface area contributed by atoms with Gasteiger partial charge in [0.25, 0.3) is 0 Å². The van der Waals surface area contributed by atoms with Crippen LogP contribution in [-0.2, 0) is 4.84 Å². The van der Waals surface area contributed by atoms with Gasteiger partial charge in [-0.25, -0.2) is 5.06 Å². The SMILES string of the molecule is O=C(c1ccc(Br)o1)N1CC(O)CO1. The molecule has 2 heterocycles. The minimum absolute atomic E-state index is 0.146. The quantitative estimate of drug-likeness (QED) is 0.812. The molecule has 0 aliphatic carbocycles. The normalized spacial score (nSPS) is 21.6. The van der Waals surface area contributed by atoms with Gasteiger partial charge in [0.1, 0.15) is 12.7 Å². The van der Waals surface area contributed by atoms with E-state index in [2.05, 4.69) is 15.9 Å². The van der Waals surface area contributed by atoms with Gasteiger partial charge in [-0.2, -0.15) is 0 Å². The minimum Gasteiger partial charge on any atom is -0.444 e. The zero-order valence-electron chi connectivity index (χ0n) is 7.14. The molecular formula is C8H8BrNO4. The maximum absolute atomic E-state index is 11.6. The van der Waals surface area contributed by atoms with Crippen LogP contribution in [0.5, 0.6) is 0 Å². The molecule has 2 rings (SSSR count). The topological polar surface area (TPSA) is 62.9 Å². The predicted octanol–water partition coefficient (Wildman–Crippen LogP) is 0.790. The summed E-state index contributed by atoms with van der Waals surface area (Å²) in [6.07, 6.45) is -0.614. The second-order valence-corrected chi connectivity index (χ2v) is 3.70. The number of furan rings is 1. The summed E-state index contributed by atoms with van der Waals surface area (Å²) in [5, 5.41) is 10.2. The zero-order chi connectivity index (χ0) is 10.1. The molecule has 1 amide bonds. The molecule has 1 fully saturated rings. The van der Waals surface area contributed by atoms with E-state index in [9.17, 15) is 4.79 Å². The van der Waals surface area contributed by atoms with Crippen molar-refractivity contribution < 1.29 is 19.2 Å². The first-order chi connectivity index (χ1) is 6.66. The maximum atomic E-state index is 11.6. The fourth-order valence-corrected chi connectivity index (χ4v) is 1.47. The molecule has 5 nitrogen and oxygen atoms in total. The number of carbonyl (C=O) groups is 1. The maximum Gasteiger partial charge on any atom is 0.313 e. The average Bonchev–Trinajstić information content (AvgIpc) is 2.73. The lowest BCUT2D eigenvalue weighted by Gasteiger charge is -2.10. The summed E-state index contributed by atoms with van der Waals surface area (Å²) in [5.74, 6) is -0.196. The van der Waals surface area contributed by atoms with Crippen LogP contribution in [0.3, 0.4) is 0 Å². The van der Waals surface area contributed by atoms with Crippen LogP contribution >= 0.6 is 15.9 Å². The van der Waals surface area contributed by atoms with Crippen molar-refractivity contribution in [3.8, 4) is 0 Å². The third-order valence-corrected chi connectivity index (χ3v) is 2.24. The standard InChI is InChI=1S/C8H8BrNO4/c9-7-2-1-6(14-7)8(12)10-3-5(11)4-13-10/h1-2,5,11H,3-4H2. The van der Waals surface area contributed by atoms with E-state index >= 15 is 0 Å². The van der Waals surface area contributed by atoms with Crippen LogP contribution < -0.4 is 0 Å². The van der Waals surface area contributed by atoms with Crippen LogP contribution in [0.2, 0.25) is 0 Å². The van der Waals surface area contributed by atoms with Gasteiger partial charge in [0.2, 0.25) is 0 Å². The van der Waals surface area contributed by atoms with Crippen molar-refractivity contribution >= 4 is 21.8 Å². The van der Waals surface area contributed by atoms with Gasteiger partial charge in [-0.1, -0.05) is 0 Å². The fourth-order valence-electron chi connectivity index (χ4n) is 1.17. The molecular weight excluding hydrogens is 254 g/mol. The molecule has 6 heteroatoms. The first-order valence-electron chi connectivity index (χ1n) is 4.05. The first kappa shape index (κ1) is 9.70. The molecule has 1 aromatic heterocycles. The number of aliphatic hydroxyl groups is 1. The number of halogens is 1. The molecule has 14 heavy (non-hydrogen) atoms. The van der Waals surface area contributed by atoms with Gasteiger partial charge in [0.15, 0.2) is 10.4 Å². The highest BCUT2D eigenvalue weighted by atomic mass is 79.9. The molecule has 1 unspecified atom stereocenters. The number of hydrogen-bond donors (Lipinski definition) is 1. The van der Waals surface area contributed by atoms with Gasteiger partial charge in [-0.15, -0.1) is 0 Å². The Morgan fingerprint density at radius 3 is 2.93 bits per heavy atom. The van der Waals surface area contributed by atoms with Crippen LogP contribution in [0.1, 0.15) is 10.6 Å². The van der Waals surface area contributed by atoms with Gasteiger partial charge in [-0.3, -0.25) is 9.63 Å². The summed E-state index contributed by atoms with van der Waals surface area (Å²) in [5.41, 5.74) is 0. The Hall–Kier alpha value is -0.850. The van der Waals surface area contributed by atoms with E-state index < -0.39 is 6.10 Å². The summed E-state index contributed by atoms with van der Waals surface area (Å²) >= 11 is 3.09. The van der Waals surface area contributed by atoms with Crippen LogP contribution in [0.25, 0.3) is 0 Å². The lowest BCUT2D eigenvalue weighted by molar-refractivity contribution is -0.0795.